The predicted molar refractivity (Wildman–Crippen MR) is 102 cm³/mol. The molecule has 0 fully saturated rings. The molecule has 1 aromatic carbocycles. The number of amides is 1. The van der Waals surface area contributed by atoms with Gasteiger partial charge in [0.25, 0.3) is 0 Å². The van der Waals surface area contributed by atoms with E-state index in [0.29, 0.717) is 12.2 Å². The lowest BCUT2D eigenvalue weighted by Gasteiger charge is -2.32. The molecule has 2 heterocycles. The number of nitrogens with one attached hydrogen (secondary N) is 2. The molecule has 25 heavy (non-hydrogen) atoms. The molecule has 6 nitrogen and oxygen atoms in total. The van der Waals surface area contributed by atoms with Crippen molar-refractivity contribution >= 4 is 38.6 Å². The second kappa shape index (κ2) is 7.45. The van der Waals surface area contributed by atoms with Gasteiger partial charge in [0.05, 0.1) is 25.0 Å². The quantitative estimate of drug-likeness (QED) is 0.806. The Morgan fingerprint density at radius 1 is 1.28 bits per heavy atom. The lowest BCUT2D eigenvalue weighted by molar-refractivity contribution is -0.119. The van der Waals surface area contributed by atoms with Gasteiger partial charge in [0.2, 0.25) is 15.9 Å². The average molecular weight is 380 g/mol. The first kappa shape index (κ1) is 17.8. The Morgan fingerprint density at radius 2 is 2.12 bits per heavy atom. The fourth-order valence-electron chi connectivity index (χ4n) is 2.99. The van der Waals surface area contributed by atoms with Crippen molar-refractivity contribution in [3.8, 4) is 0 Å². The Hall–Kier alpha value is -2.06. The molecule has 0 saturated heterocycles. The third-order valence-corrected chi connectivity index (χ3v) is 5.48. The number of nitrogens with zero attached hydrogens (tertiary/aromatic N) is 1. The molecule has 0 spiro atoms. The zero-order valence-corrected chi connectivity index (χ0v) is 15.6. The van der Waals surface area contributed by atoms with Crippen LogP contribution in [0.3, 0.4) is 0 Å². The highest BCUT2D eigenvalue weighted by Gasteiger charge is 2.22. The molecule has 0 saturated carbocycles. The maximum atomic E-state index is 12.3. The van der Waals surface area contributed by atoms with Crippen LogP contribution in [0.4, 0.5) is 11.4 Å². The van der Waals surface area contributed by atoms with E-state index in [1.165, 1.54) is 0 Å². The number of carbonyl (C=O) groups excluding carboxylic acids is 1. The van der Waals surface area contributed by atoms with Gasteiger partial charge in [-0.15, -0.1) is 11.3 Å². The number of sulfonamides is 1. The maximum absolute atomic E-state index is 12.3. The Bertz CT molecular complexity index is 848. The smallest absolute Gasteiger partial charge is 0.239 e. The van der Waals surface area contributed by atoms with Crippen LogP contribution < -0.4 is 14.9 Å². The van der Waals surface area contributed by atoms with Crippen molar-refractivity contribution in [2.45, 2.75) is 19.4 Å². The van der Waals surface area contributed by atoms with Crippen molar-refractivity contribution in [3.63, 3.8) is 0 Å². The lowest BCUT2D eigenvalue weighted by Crippen LogP contribution is -2.39. The molecule has 0 unspecified atom stereocenters. The van der Waals surface area contributed by atoms with E-state index < -0.39 is 10.0 Å². The van der Waals surface area contributed by atoms with Crippen LogP contribution in [0.1, 0.15) is 16.9 Å². The molecule has 2 N–H and O–H groups in total. The number of hydrogen-bond donors (Lipinski definition) is 2. The zero-order chi connectivity index (χ0) is 17.9. The van der Waals surface area contributed by atoms with Crippen LogP contribution in [0.2, 0.25) is 0 Å². The average Bonchev–Trinajstić information content (AvgIpc) is 3.06. The molecule has 1 aliphatic rings. The van der Waals surface area contributed by atoms with Crippen LogP contribution in [0.5, 0.6) is 0 Å². The lowest BCUT2D eigenvalue weighted by atomic mass is 10.00. The number of fused-ring (bicyclic) bond motifs is 1. The van der Waals surface area contributed by atoms with E-state index in [1.807, 2.05) is 34.5 Å². The van der Waals surface area contributed by atoms with Gasteiger partial charge < -0.3 is 10.2 Å². The summed E-state index contributed by atoms with van der Waals surface area (Å²) in [6, 6.07) is 9.47. The van der Waals surface area contributed by atoms with Crippen LogP contribution in [-0.4, -0.2) is 33.7 Å². The predicted octanol–water partition coefficient (Wildman–Crippen LogP) is 2.19. The Balaban J connectivity index is 1.71. The molecule has 1 aliphatic heterocycles. The fourth-order valence-corrected chi connectivity index (χ4v) is 4.22. The molecule has 134 valence electrons. The summed E-state index contributed by atoms with van der Waals surface area (Å²) in [5.41, 5.74) is 2.47. The van der Waals surface area contributed by atoms with Crippen LogP contribution in [0.25, 0.3) is 0 Å². The summed E-state index contributed by atoms with van der Waals surface area (Å²) in [6.07, 6.45) is 2.82. The number of hydrogen-bond acceptors (Lipinski definition) is 5. The van der Waals surface area contributed by atoms with Gasteiger partial charge in [-0.2, -0.15) is 0 Å². The van der Waals surface area contributed by atoms with E-state index in [9.17, 15) is 13.2 Å². The molecule has 0 aliphatic carbocycles. The van der Waals surface area contributed by atoms with E-state index in [-0.39, 0.29) is 12.5 Å². The number of thiophene rings is 1. The van der Waals surface area contributed by atoms with Crippen molar-refractivity contribution in [1.29, 1.82) is 0 Å². The molecule has 1 aromatic heterocycles. The molecule has 0 bridgehead atoms. The Morgan fingerprint density at radius 3 is 2.84 bits per heavy atom. The molecule has 8 heteroatoms. The Labute approximate surface area is 151 Å². The van der Waals surface area contributed by atoms with Crippen LogP contribution in [-0.2, 0) is 27.8 Å². The van der Waals surface area contributed by atoms with Gasteiger partial charge in [-0.25, -0.2) is 8.42 Å². The van der Waals surface area contributed by atoms with Gasteiger partial charge >= 0.3 is 0 Å². The number of rotatable bonds is 6. The number of anilines is 2. The van der Waals surface area contributed by atoms with Gasteiger partial charge in [0, 0.05) is 17.1 Å². The molecule has 3 rings (SSSR count). The second-order valence-electron chi connectivity index (χ2n) is 6.06. The fraction of sp³-hybridized carbons (Fsp3) is 0.353. The third kappa shape index (κ3) is 4.73. The molecular formula is C17H21N3O3S2. The molecule has 2 aromatic rings. The van der Waals surface area contributed by atoms with E-state index >= 15 is 0 Å². The summed E-state index contributed by atoms with van der Waals surface area (Å²) in [6.45, 7) is 1.58. The van der Waals surface area contributed by atoms with Crippen molar-refractivity contribution in [2.24, 2.45) is 0 Å². The maximum Gasteiger partial charge on any atom is 0.239 e. The van der Waals surface area contributed by atoms with E-state index in [2.05, 4.69) is 10.0 Å². The molecule has 1 amide bonds. The van der Waals surface area contributed by atoms with E-state index in [0.717, 1.165) is 41.8 Å². The third-order valence-electron chi connectivity index (χ3n) is 4.02. The first-order valence-corrected chi connectivity index (χ1v) is 10.8. The van der Waals surface area contributed by atoms with Crippen LogP contribution in [0.15, 0.2) is 35.7 Å². The normalized spacial score (nSPS) is 14.0. The Kier molecular flexibility index (Phi) is 5.29. The number of carbonyl (C=O) groups is 1. The topological polar surface area (TPSA) is 78.5 Å². The molecule has 0 atom stereocenters. The van der Waals surface area contributed by atoms with Gasteiger partial charge in [-0.05, 0) is 42.0 Å². The molecular weight excluding hydrogens is 358 g/mol. The first-order chi connectivity index (χ1) is 11.9. The highest BCUT2D eigenvalue weighted by molar-refractivity contribution is 7.92. The minimum Gasteiger partial charge on any atom is -0.362 e. The molecule has 0 radical (unpaired) electrons. The SMILES string of the molecule is CS(=O)(=O)Nc1cccc2c1CCCN2CC(=O)NCc1cccs1. The monoisotopic (exact) mass is 379 g/mol. The van der Waals surface area contributed by atoms with Gasteiger partial charge in [-0.1, -0.05) is 12.1 Å². The van der Waals surface area contributed by atoms with Crippen LogP contribution >= 0.6 is 11.3 Å². The van der Waals surface area contributed by atoms with Gasteiger partial charge in [0.15, 0.2) is 0 Å². The van der Waals surface area contributed by atoms with Crippen LogP contribution in [0, 0.1) is 0 Å². The summed E-state index contributed by atoms with van der Waals surface area (Å²) in [5, 5.41) is 4.92. The van der Waals surface area contributed by atoms with E-state index in [4.69, 9.17) is 0 Å². The van der Waals surface area contributed by atoms with E-state index in [1.54, 1.807) is 17.4 Å². The zero-order valence-electron chi connectivity index (χ0n) is 14.0. The van der Waals surface area contributed by atoms with Gasteiger partial charge in [-0.3, -0.25) is 9.52 Å². The highest BCUT2D eigenvalue weighted by Crippen LogP contribution is 2.33. The standard InChI is InChI=1S/C17H21N3O3S2/c1-25(22,23)19-15-7-2-8-16-14(15)6-3-9-20(16)12-17(21)18-11-13-5-4-10-24-13/h2,4-5,7-8,10,19H,3,6,9,11-12H2,1H3,(H,18,21). The van der Waals surface area contributed by atoms with Crippen molar-refractivity contribution in [3.05, 3.63) is 46.2 Å². The summed E-state index contributed by atoms with van der Waals surface area (Å²) in [4.78, 5) is 15.4. The second-order valence-corrected chi connectivity index (χ2v) is 8.84. The van der Waals surface area contributed by atoms with Crippen molar-refractivity contribution in [1.82, 2.24) is 5.32 Å². The minimum atomic E-state index is -3.33. The first-order valence-electron chi connectivity index (χ1n) is 8.06. The number of benzene rings is 1. The minimum absolute atomic E-state index is 0.0391. The highest BCUT2D eigenvalue weighted by atomic mass is 32.2. The van der Waals surface area contributed by atoms with Crippen molar-refractivity contribution < 1.29 is 13.2 Å². The summed E-state index contributed by atoms with van der Waals surface area (Å²) >= 11 is 1.61. The summed E-state index contributed by atoms with van der Waals surface area (Å²) < 4.78 is 25.7. The van der Waals surface area contributed by atoms with Gasteiger partial charge in [0.1, 0.15) is 0 Å². The largest absolute Gasteiger partial charge is 0.362 e. The summed E-state index contributed by atoms with van der Waals surface area (Å²) in [7, 11) is -3.33. The summed E-state index contributed by atoms with van der Waals surface area (Å²) in [5.74, 6) is -0.0391. The van der Waals surface area contributed by atoms with Crippen molar-refractivity contribution in [2.75, 3.05) is 29.0 Å².